The molecule has 5 heteroatoms. The first-order valence-electron chi connectivity index (χ1n) is 12.6. The van der Waals surface area contributed by atoms with Crippen molar-refractivity contribution >= 4 is 12.1 Å². The van der Waals surface area contributed by atoms with Crippen molar-refractivity contribution in [2.75, 3.05) is 7.11 Å². The number of benzene rings is 3. The molecular formula is C32H37NO4. The van der Waals surface area contributed by atoms with Crippen LogP contribution in [0.3, 0.4) is 0 Å². The van der Waals surface area contributed by atoms with Gasteiger partial charge >= 0.3 is 12.1 Å². The Labute approximate surface area is 220 Å². The molecule has 0 aliphatic carbocycles. The van der Waals surface area contributed by atoms with Gasteiger partial charge in [-0.15, -0.1) is 0 Å². The molecule has 5 nitrogen and oxygen atoms in total. The minimum Gasteiger partial charge on any atom is -0.468 e. The van der Waals surface area contributed by atoms with Gasteiger partial charge in [0.2, 0.25) is 0 Å². The average Bonchev–Trinajstić information content (AvgIpc) is 2.87. The first kappa shape index (κ1) is 27.7. The van der Waals surface area contributed by atoms with Crippen molar-refractivity contribution in [2.24, 2.45) is 5.41 Å². The topological polar surface area (TPSA) is 64.6 Å². The second-order valence-corrected chi connectivity index (χ2v) is 10.3. The Kier molecular flexibility index (Phi) is 9.67. The lowest BCUT2D eigenvalue weighted by atomic mass is 9.75. The normalized spacial score (nSPS) is 12.6. The number of esters is 1. The summed E-state index contributed by atoms with van der Waals surface area (Å²) in [4.78, 5) is 26.1. The Morgan fingerprint density at radius 1 is 0.784 bits per heavy atom. The van der Waals surface area contributed by atoms with Gasteiger partial charge in [-0.05, 0) is 56.7 Å². The first-order valence-corrected chi connectivity index (χ1v) is 12.6. The molecule has 0 aliphatic heterocycles. The molecule has 1 atom stereocenters. The van der Waals surface area contributed by atoms with Gasteiger partial charge < -0.3 is 14.8 Å². The maximum Gasteiger partial charge on any atom is 0.408 e. The van der Waals surface area contributed by atoms with Crippen LogP contribution in [0.1, 0.15) is 37.5 Å². The van der Waals surface area contributed by atoms with Crippen LogP contribution in [0.15, 0.2) is 103 Å². The van der Waals surface area contributed by atoms with Gasteiger partial charge in [0.05, 0.1) is 18.6 Å². The maximum atomic E-state index is 13.4. The minimum atomic E-state index is -0.970. The van der Waals surface area contributed by atoms with Crippen molar-refractivity contribution in [1.29, 1.82) is 0 Å². The summed E-state index contributed by atoms with van der Waals surface area (Å²) in [6.45, 7) is 5.49. The number of ether oxygens (including phenoxy) is 2. The summed E-state index contributed by atoms with van der Waals surface area (Å²) in [6, 6.07) is 29.3. The van der Waals surface area contributed by atoms with E-state index < -0.39 is 23.2 Å². The fourth-order valence-corrected chi connectivity index (χ4v) is 4.31. The van der Waals surface area contributed by atoms with Crippen LogP contribution in [-0.4, -0.2) is 30.8 Å². The van der Waals surface area contributed by atoms with E-state index in [4.69, 9.17) is 9.47 Å². The van der Waals surface area contributed by atoms with Crippen molar-refractivity contribution in [1.82, 2.24) is 5.32 Å². The van der Waals surface area contributed by atoms with E-state index >= 15 is 0 Å². The number of nitrogens with one attached hydrogen (secondary N) is 1. The van der Waals surface area contributed by atoms with Gasteiger partial charge in [-0.1, -0.05) is 103 Å². The van der Waals surface area contributed by atoms with E-state index in [9.17, 15) is 9.59 Å². The largest absolute Gasteiger partial charge is 0.468 e. The third kappa shape index (κ3) is 8.94. The molecule has 1 N–H and O–H groups in total. The molecule has 0 bridgehead atoms. The molecule has 0 radical (unpaired) electrons. The maximum absolute atomic E-state index is 13.4. The Balaban J connectivity index is 2.00. The van der Waals surface area contributed by atoms with Gasteiger partial charge in [-0.2, -0.15) is 0 Å². The highest BCUT2D eigenvalue weighted by Gasteiger charge is 2.38. The molecule has 0 spiro atoms. The lowest BCUT2D eigenvalue weighted by Gasteiger charge is -2.29. The molecule has 37 heavy (non-hydrogen) atoms. The molecular weight excluding hydrogens is 462 g/mol. The van der Waals surface area contributed by atoms with E-state index in [2.05, 4.69) is 5.32 Å². The molecule has 0 saturated heterocycles. The van der Waals surface area contributed by atoms with Crippen LogP contribution in [0, 0.1) is 5.41 Å². The smallest absolute Gasteiger partial charge is 0.408 e. The van der Waals surface area contributed by atoms with Gasteiger partial charge in [0.25, 0.3) is 0 Å². The van der Waals surface area contributed by atoms with E-state index in [1.807, 2.05) is 124 Å². The molecule has 1 amide bonds. The van der Waals surface area contributed by atoms with Gasteiger partial charge in [0, 0.05) is 0 Å². The fraction of sp³-hybridized carbons (Fsp3) is 0.312. The molecule has 3 aromatic rings. The quantitative estimate of drug-likeness (QED) is 0.262. The Bertz CT molecular complexity index is 1110. The number of hydrogen-bond donors (Lipinski definition) is 1. The van der Waals surface area contributed by atoms with Crippen molar-refractivity contribution in [2.45, 2.75) is 51.7 Å². The number of rotatable bonds is 10. The lowest BCUT2D eigenvalue weighted by Crippen LogP contribution is -2.40. The van der Waals surface area contributed by atoms with Crippen molar-refractivity contribution < 1.29 is 19.1 Å². The summed E-state index contributed by atoms with van der Waals surface area (Å²) >= 11 is 0. The zero-order valence-corrected chi connectivity index (χ0v) is 22.1. The second kappa shape index (κ2) is 12.9. The third-order valence-electron chi connectivity index (χ3n) is 5.96. The predicted molar refractivity (Wildman–Crippen MR) is 147 cm³/mol. The van der Waals surface area contributed by atoms with E-state index in [-0.39, 0.29) is 5.97 Å². The summed E-state index contributed by atoms with van der Waals surface area (Å²) in [5.74, 6) is -0.327. The molecule has 0 heterocycles. The van der Waals surface area contributed by atoms with Gasteiger partial charge in [0.15, 0.2) is 0 Å². The summed E-state index contributed by atoms with van der Waals surface area (Å²) in [7, 11) is 1.42. The standard InChI is InChI=1S/C32H37NO4/c1-31(2,3)37-30(35)33-28(22-25-14-8-5-9-15-25)20-21-32(29(34)36-4,23-26-16-10-6-11-17-26)24-27-18-12-7-13-19-27/h5-21,28H,22-24H2,1-4H3,(H,33,35)/b21-20+. The number of hydrogen-bond acceptors (Lipinski definition) is 4. The van der Waals surface area contributed by atoms with E-state index in [0.29, 0.717) is 19.3 Å². The van der Waals surface area contributed by atoms with Gasteiger partial charge in [0.1, 0.15) is 5.60 Å². The molecule has 0 aliphatic rings. The van der Waals surface area contributed by atoms with Crippen LogP contribution < -0.4 is 5.32 Å². The van der Waals surface area contributed by atoms with Crippen molar-refractivity contribution in [3.05, 3.63) is 120 Å². The third-order valence-corrected chi connectivity index (χ3v) is 5.96. The Hall–Kier alpha value is -3.86. The number of carbonyl (C=O) groups is 2. The van der Waals surface area contributed by atoms with Crippen molar-refractivity contribution in [3.8, 4) is 0 Å². The van der Waals surface area contributed by atoms with Crippen LogP contribution in [0.4, 0.5) is 4.79 Å². The van der Waals surface area contributed by atoms with Gasteiger partial charge in [-0.25, -0.2) is 4.79 Å². The fourth-order valence-electron chi connectivity index (χ4n) is 4.31. The van der Waals surface area contributed by atoms with E-state index in [1.54, 1.807) is 0 Å². The molecule has 3 aromatic carbocycles. The first-order chi connectivity index (χ1) is 17.7. The minimum absolute atomic E-state index is 0.327. The van der Waals surface area contributed by atoms with Crippen LogP contribution in [-0.2, 0) is 33.5 Å². The molecule has 0 fully saturated rings. The summed E-state index contributed by atoms with van der Waals surface area (Å²) in [6.07, 6.45) is 4.76. The summed E-state index contributed by atoms with van der Waals surface area (Å²) in [5.41, 5.74) is 1.51. The zero-order chi connectivity index (χ0) is 26.7. The van der Waals surface area contributed by atoms with Crippen LogP contribution >= 0.6 is 0 Å². The van der Waals surface area contributed by atoms with Crippen LogP contribution in [0.2, 0.25) is 0 Å². The Morgan fingerprint density at radius 2 is 1.24 bits per heavy atom. The van der Waals surface area contributed by atoms with Crippen molar-refractivity contribution in [3.63, 3.8) is 0 Å². The molecule has 3 rings (SSSR count). The second-order valence-electron chi connectivity index (χ2n) is 10.3. The highest BCUT2D eigenvalue weighted by Crippen LogP contribution is 2.32. The number of carbonyl (C=O) groups excluding carboxylic acids is 2. The summed E-state index contributed by atoms with van der Waals surface area (Å²) in [5, 5.41) is 2.98. The van der Waals surface area contributed by atoms with E-state index in [0.717, 1.165) is 16.7 Å². The SMILES string of the molecule is COC(=O)C(/C=C/C(Cc1ccccc1)NC(=O)OC(C)(C)C)(Cc1ccccc1)Cc1ccccc1. The molecule has 0 aromatic heterocycles. The highest BCUT2D eigenvalue weighted by molar-refractivity contribution is 5.80. The zero-order valence-electron chi connectivity index (χ0n) is 22.1. The number of methoxy groups -OCH3 is 1. The van der Waals surface area contributed by atoms with Crippen LogP contribution in [0.5, 0.6) is 0 Å². The molecule has 1 unspecified atom stereocenters. The monoisotopic (exact) mass is 499 g/mol. The highest BCUT2D eigenvalue weighted by atomic mass is 16.6. The average molecular weight is 500 g/mol. The molecule has 194 valence electrons. The Morgan fingerprint density at radius 3 is 1.68 bits per heavy atom. The van der Waals surface area contributed by atoms with Gasteiger partial charge in [-0.3, -0.25) is 4.79 Å². The number of alkyl carbamates (subject to hydrolysis) is 1. The van der Waals surface area contributed by atoms with E-state index in [1.165, 1.54) is 7.11 Å². The van der Waals surface area contributed by atoms with Crippen LogP contribution in [0.25, 0.3) is 0 Å². The summed E-state index contributed by atoms with van der Waals surface area (Å²) < 4.78 is 10.9. The lowest BCUT2D eigenvalue weighted by molar-refractivity contribution is -0.149. The molecule has 0 saturated carbocycles. The number of amides is 1. The predicted octanol–water partition coefficient (Wildman–Crippen LogP) is 6.32.